The molecule has 2 nitrogen and oxygen atoms in total. The number of nitrogens with zero attached hydrogens (tertiary/aromatic N) is 2. The molecular weight excluding hydrogens is 287 g/mol. The lowest BCUT2D eigenvalue weighted by molar-refractivity contribution is 0.575. The van der Waals surface area contributed by atoms with Crippen molar-refractivity contribution in [2.75, 3.05) is 0 Å². The van der Waals surface area contributed by atoms with E-state index < -0.39 is 0 Å². The molecule has 2 aromatic rings. The Labute approximate surface area is 139 Å². The van der Waals surface area contributed by atoms with Crippen LogP contribution < -0.4 is 0 Å². The highest BCUT2D eigenvalue weighted by atomic mass is 19.1. The molecule has 3 heteroatoms. The minimum atomic E-state index is -0.255. The van der Waals surface area contributed by atoms with E-state index in [1.54, 1.807) is 6.07 Å². The highest BCUT2D eigenvalue weighted by Crippen LogP contribution is 2.16. The number of benzene rings is 1. The normalized spacial score (nSPS) is 10.9. The summed E-state index contributed by atoms with van der Waals surface area (Å²) in [6, 6.07) is 6.41. The van der Waals surface area contributed by atoms with Crippen LogP contribution in [0.1, 0.15) is 63.9 Å². The van der Waals surface area contributed by atoms with Gasteiger partial charge in [-0.1, -0.05) is 64.0 Å². The molecule has 0 atom stereocenters. The summed E-state index contributed by atoms with van der Waals surface area (Å²) in [6.07, 6.45) is 15.3. The van der Waals surface area contributed by atoms with Crippen LogP contribution in [0.25, 0.3) is 11.4 Å². The maximum absolute atomic E-state index is 13.2. The van der Waals surface area contributed by atoms with Gasteiger partial charge in [0.25, 0.3) is 0 Å². The molecule has 1 aromatic heterocycles. The molecule has 2 rings (SSSR count). The Kier molecular flexibility index (Phi) is 7.71. The van der Waals surface area contributed by atoms with Crippen LogP contribution in [0.4, 0.5) is 4.39 Å². The van der Waals surface area contributed by atoms with Crippen molar-refractivity contribution in [3.63, 3.8) is 0 Å². The van der Waals surface area contributed by atoms with Gasteiger partial charge in [0, 0.05) is 18.0 Å². The molecule has 0 aliphatic carbocycles. The van der Waals surface area contributed by atoms with Crippen LogP contribution in [0.5, 0.6) is 0 Å². The van der Waals surface area contributed by atoms with E-state index in [9.17, 15) is 4.39 Å². The summed E-state index contributed by atoms with van der Waals surface area (Å²) in [6.45, 7) is 2.25. The van der Waals surface area contributed by atoms with E-state index in [1.807, 2.05) is 18.5 Å². The van der Waals surface area contributed by atoms with Crippen molar-refractivity contribution in [2.45, 2.75) is 64.7 Å². The molecule has 0 saturated heterocycles. The Morgan fingerprint density at radius 2 is 1.52 bits per heavy atom. The molecule has 0 aliphatic heterocycles. The van der Waals surface area contributed by atoms with Gasteiger partial charge in [-0.05, 0) is 30.5 Å². The first-order valence-corrected chi connectivity index (χ1v) is 8.86. The summed E-state index contributed by atoms with van der Waals surface area (Å²) in [7, 11) is 0. The van der Waals surface area contributed by atoms with Gasteiger partial charge in [0.05, 0.1) is 0 Å². The monoisotopic (exact) mass is 314 g/mol. The van der Waals surface area contributed by atoms with E-state index >= 15 is 0 Å². The molecule has 0 aliphatic rings. The summed E-state index contributed by atoms with van der Waals surface area (Å²) in [5, 5.41) is 0. The van der Waals surface area contributed by atoms with Gasteiger partial charge in [0.15, 0.2) is 5.82 Å². The summed E-state index contributed by atoms with van der Waals surface area (Å²) in [5.74, 6) is 0.332. The summed E-state index contributed by atoms with van der Waals surface area (Å²) in [4.78, 5) is 8.72. The minimum absolute atomic E-state index is 0.255. The Bertz CT molecular complexity index is 566. The van der Waals surface area contributed by atoms with Gasteiger partial charge in [-0.3, -0.25) is 0 Å². The summed E-state index contributed by atoms with van der Waals surface area (Å²) in [5.41, 5.74) is 1.89. The zero-order valence-corrected chi connectivity index (χ0v) is 14.1. The first-order valence-electron chi connectivity index (χ1n) is 8.86. The fourth-order valence-corrected chi connectivity index (χ4v) is 2.72. The van der Waals surface area contributed by atoms with E-state index in [4.69, 9.17) is 0 Å². The van der Waals surface area contributed by atoms with Crippen LogP contribution in [0.3, 0.4) is 0 Å². The molecule has 0 N–H and O–H groups in total. The highest BCUT2D eigenvalue weighted by molar-refractivity contribution is 5.54. The van der Waals surface area contributed by atoms with Crippen LogP contribution in [0, 0.1) is 5.82 Å². The van der Waals surface area contributed by atoms with Gasteiger partial charge < -0.3 is 0 Å². The molecule has 0 amide bonds. The number of hydrogen-bond donors (Lipinski definition) is 0. The second kappa shape index (κ2) is 10.1. The number of hydrogen-bond acceptors (Lipinski definition) is 2. The third-order valence-electron chi connectivity index (χ3n) is 4.11. The van der Waals surface area contributed by atoms with Crippen molar-refractivity contribution in [1.82, 2.24) is 9.97 Å². The Morgan fingerprint density at radius 3 is 2.17 bits per heavy atom. The number of rotatable bonds is 10. The van der Waals surface area contributed by atoms with E-state index in [0.717, 1.165) is 17.5 Å². The molecule has 0 fully saturated rings. The molecular formula is C20H27FN2. The summed E-state index contributed by atoms with van der Waals surface area (Å²) < 4.78 is 13.2. The minimum Gasteiger partial charge on any atom is -0.236 e. The number of aryl methyl sites for hydroxylation is 1. The fourth-order valence-electron chi connectivity index (χ4n) is 2.72. The van der Waals surface area contributed by atoms with E-state index in [2.05, 4.69) is 16.9 Å². The van der Waals surface area contributed by atoms with Gasteiger partial charge in [0.2, 0.25) is 0 Å². The van der Waals surface area contributed by atoms with Gasteiger partial charge in [-0.25, -0.2) is 14.4 Å². The van der Waals surface area contributed by atoms with Crippen molar-refractivity contribution in [3.8, 4) is 11.4 Å². The van der Waals surface area contributed by atoms with Crippen LogP contribution >= 0.6 is 0 Å². The van der Waals surface area contributed by atoms with E-state index in [0.29, 0.717) is 5.82 Å². The third kappa shape index (κ3) is 6.47. The van der Waals surface area contributed by atoms with Crippen molar-refractivity contribution >= 4 is 0 Å². The van der Waals surface area contributed by atoms with Crippen molar-refractivity contribution in [3.05, 3.63) is 48.0 Å². The highest BCUT2D eigenvalue weighted by Gasteiger charge is 2.03. The third-order valence-corrected chi connectivity index (χ3v) is 4.11. The maximum Gasteiger partial charge on any atom is 0.159 e. The topological polar surface area (TPSA) is 25.8 Å². The zero-order valence-electron chi connectivity index (χ0n) is 14.1. The van der Waals surface area contributed by atoms with Gasteiger partial charge in [-0.2, -0.15) is 0 Å². The molecule has 1 aromatic carbocycles. The number of halogens is 1. The van der Waals surface area contributed by atoms with Crippen LogP contribution in [0.2, 0.25) is 0 Å². The Hall–Kier alpha value is -1.77. The molecule has 0 saturated carbocycles. The average molecular weight is 314 g/mol. The fraction of sp³-hybridized carbons (Fsp3) is 0.500. The first-order chi connectivity index (χ1) is 11.3. The molecule has 0 unspecified atom stereocenters. The first kappa shape index (κ1) is 17.6. The lowest BCUT2D eigenvalue weighted by Gasteiger charge is -2.04. The number of unbranched alkanes of at least 4 members (excludes halogenated alkanes) is 7. The Morgan fingerprint density at radius 1 is 0.870 bits per heavy atom. The molecule has 0 bridgehead atoms. The van der Waals surface area contributed by atoms with E-state index in [-0.39, 0.29) is 5.82 Å². The predicted octanol–water partition coefficient (Wildman–Crippen LogP) is 5.97. The second-order valence-electron chi connectivity index (χ2n) is 6.15. The standard InChI is InChI=1S/C20H27FN2/c1-2-3-4-5-6-7-8-9-11-17-15-22-20(23-16-17)18-12-10-13-19(21)14-18/h10,12-16H,2-9,11H2,1H3. The van der Waals surface area contributed by atoms with E-state index in [1.165, 1.54) is 63.5 Å². The van der Waals surface area contributed by atoms with Gasteiger partial charge in [-0.15, -0.1) is 0 Å². The quantitative estimate of drug-likeness (QED) is 0.505. The van der Waals surface area contributed by atoms with Crippen LogP contribution in [-0.4, -0.2) is 9.97 Å². The molecule has 23 heavy (non-hydrogen) atoms. The molecule has 0 spiro atoms. The lowest BCUT2D eigenvalue weighted by Crippen LogP contribution is -1.93. The maximum atomic E-state index is 13.2. The predicted molar refractivity (Wildman–Crippen MR) is 93.7 cm³/mol. The van der Waals surface area contributed by atoms with Crippen molar-refractivity contribution < 1.29 is 4.39 Å². The zero-order chi connectivity index (χ0) is 16.3. The Balaban J connectivity index is 1.69. The molecule has 0 radical (unpaired) electrons. The largest absolute Gasteiger partial charge is 0.236 e. The SMILES string of the molecule is CCCCCCCCCCc1cnc(-c2cccc(F)c2)nc1. The van der Waals surface area contributed by atoms with Crippen molar-refractivity contribution in [1.29, 1.82) is 0 Å². The molecule has 1 heterocycles. The van der Waals surface area contributed by atoms with Crippen LogP contribution in [0.15, 0.2) is 36.7 Å². The van der Waals surface area contributed by atoms with Crippen LogP contribution in [-0.2, 0) is 6.42 Å². The van der Waals surface area contributed by atoms with Crippen molar-refractivity contribution in [2.24, 2.45) is 0 Å². The van der Waals surface area contributed by atoms with Gasteiger partial charge >= 0.3 is 0 Å². The second-order valence-corrected chi connectivity index (χ2v) is 6.15. The molecule has 124 valence electrons. The average Bonchev–Trinajstić information content (AvgIpc) is 2.58. The lowest BCUT2D eigenvalue weighted by atomic mass is 10.1. The summed E-state index contributed by atoms with van der Waals surface area (Å²) >= 11 is 0. The number of aromatic nitrogens is 2. The smallest absolute Gasteiger partial charge is 0.159 e. The van der Waals surface area contributed by atoms with Gasteiger partial charge in [0.1, 0.15) is 5.82 Å².